The average Bonchev–Trinajstić information content (AvgIpc) is 2.87. The molecule has 31 heavy (non-hydrogen) atoms. The molecule has 0 aromatic carbocycles. The van der Waals surface area contributed by atoms with Gasteiger partial charge in [0.2, 0.25) is 0 Å². The van der Waals surface area contributed by atoms with E-state index in [0.717, 1.165) is 0 Å². The summed E-state index contributed by atoms with van der Waals surface area (Å²) in [5, 5.41) is 60.5. The Bertz CT molecular complexity index is 693. The van der Waals surface area contributed by atoms with Crippen molar-refractivity contribution in [3.05, 3.63) is 0 Å². The van der Waals surface area contributed by atoms with Crippen LogP contribution in [0.1, 0.15) is 19.3 Å². The van der Waals surface area contributed by atoms with E-state index < -0.39 is 59.8 Å². The van der Waals surface area contributed by atoms with Gasteiger partial charge in [0.15, 0.2) is 0 Å². The van der Waals surface area contributed by atoms with Crippen LogP contribution in [0.15, 0.2) is 0 Å². The monoisotopic (exact) mass is 447 g/mol. The maximum atomic E-state index is 11.5. The number of aliphatic hydroxyl groups is 3. The summed E-state index contributed by atoms with van der Waals surface area (Å²) in [7, 11) is 4.80. The van der Waals surface area contributed by atoms with Crippen molar-refractivity contribution in [2.24, 2.45) is 5.92 Å². The minimum atomic E-state index is -1.77. The highest BCUT2D eigenvalue weighted by Crippen LogP contribution is 2.55. The van der Waals surface area contributed by atoms with Gasteiger partial charge in [0, 0.05) is 37.6 Å². The zero-order valence-corrected chi connectivity index (χ0v) is 18.0. The lowest BCUT2D eigenvalue weighted by atomic mass is 9.61. The van der Waals surface area contributed by atoms with Gasteiger partial charge in [-0.25, -0.2) is 0 Å². The molecule has 2 aliphatic rings. The predicted molar refractivity (Wildman–Crippen MR) is 106 cm³/mol. The van der Waals surface area contributed by atoms with Gasteiger partial charge in [-0.05, 0) is 21.1 Å². The SMILES string of the molecule is CN(CCC(=O)O)C1C(O)C(N(C)CCC(=O)O)C2(O)C(O)C(N(C)CCC(=O)O)C12. The lowest BCUT2D eigenvalue weighted by Crippen LogP contribution is -2.78. The molecule has 0 heterocycles. The molecule has 0 aromatic rings. The van der Waals surface area contributed by atoms with Gasteiger partial charge in [-0.15, -0.1) is 0 Å². The number of carboxylic acids is 3. The number of nitrogens with zero attached hydrogens (tertiary/aromatic N) is 3. The highest BCUT2D eigenvalue weighted by Gasteiger charge is 2.75. The molecule has 6 N–H and O–H groups in total. The molecule has 2 rings (SSSR count). The average molecular weight is 447 g/mol. The number of aliphatic hydroxyl groups excluding tert-OH is 2. The second-order valence-electron chi connectivity index (χ2n) is 8.65. The Morgan fingerprint density at radius 2 is 1.13 bits per heavy atom. The normalized spacial score (nSPS) is 34.7. The van der Waals surface area contributed by atoms with E-state index >= 15 is 0 Å². The topological polar surface area (TPSA) is 182 Å². The van der Waals surface area contributed by atoms with Gasteiger partial charge >= 0.3 is 17.9 Å². The van der Waals surface area contributed by atoms with Crippen molar-refractivity contribution in [3.63, 3.8) is 0 Å². The first kappa shape index (κ1) is 25.4. The molecular weight excluding hydrogens is 414 g/mol. The van der Waals surface area contributed by atoms with Gasteiger partial charge < -0.3 is 30.6 Å². The first-order chi connectivity index (χ1) is 14.3. The largest absolute Gasteiger partial charge is 0.481 e. The third-order valence-corrected chi connectivity index (χ3v) is 6.74. The van der Waals surface area contributed by atoms with E-state index in [1.165, 1.54) is 4.90 Å². The van der Waals surface area contributed by atoms with Crippen molar-refractivity contribution in [3.8, 4) is 0 Å². The Labute approximate surface area is 180 Å². The Hall–Kier alpha value is -1.83. The molecule has 0 bridgehead atoms. The maximum Gasteiger partial charge on any atom is 0.304 e. The van der Waals surface area contributed by atoms with Crippen molar-refractivity contribution < 1.29 is 45.0 Å². The highest BCUT2D eigenvalue weighted by molar-refractivity contribution is 5.67. The van der Waals surface area contributed by atoms with Crippen LogP contribution in [0.25, 0.3) is 0 Å². The Balaban J connectivity index is 2.33. The quantitative estimate of drug-likeness (QED) is 0.184. The summed E-state index contributed by atoms with van der Waals surface area (Å²) in [5.41, 5.74) is -1.77. The molecule has 12 heteroatoms. The number of hydrogen-bond acceptors (Lipinski definition) is 9. The minimum absolute atomic E-state index is 0.0316. The predicted octanol–water partition coefficient (Wildman–Crippen LogP) is -2.59. The number of fused-ring (bicyclic) bond motifs is 1. The zero-order valence-electron chi connectivity index (χ0n) is 18.0. The number of rotatable bonds is 12. The molecule has 2 aliphatic carbocycles. The summed E-state index contributed by atoms with van der Waals surface area (Å²) >= 11 is 0. The fourth-order valence-corrected chi connectivity index (χ4v) is 5.26. The van der Waals surface area contributed by atoms with Crippen LogP contribution < -0.4 is 0 Å². The molecule has 12 nitrogen and oxygen atoms in total. The smallest absolute Gasteiger partial charge is 0.304 e. The first-order valence-corrected chi connectivity index (χ1v) is 10.2. The van der Waals surface area contributed by atoms with Gasteiger partial charge in [-0.3, -0.25) is 29.1 Å². The maximum absolute atomic E-state index is 11.5. The molecule has 2 fully saturated rings. The summed E-state index contributed by atoms with van der Waals surface area (Å²) in [6.07, 6.45) is -3.08. The first-order valence-electron chi connectivity index (χ1n) is 10.2. The molecule has 0 spiro atoms. The molecule has 7 atom stereocenters. The van der Waals surface area contributed by atoms with E-state index in [9.17, 15) is 29.7 Å². The summed E-state index contributed by atoms with van der Waals surface area (Å²) < 4.78 is 0. The van der Waals surface area contributed by atoms with Gasteiger partial charge in [0.1, 0.15) is 11.7 Å². The molecule has 0 aromatic heterocycles. The van der Waals surface area contributed by atoms with Crippen LogP contribution in [0.3, 0.4) is 0 Å². The Kier molecular flexibility index (Phi) is 8.00. The fourth-order valence-electron chi connectivity index (χ4n) is 5.26. The lowest BCUT2D eigenvalue weighted by Gasteiger charge is -2.59. The van der Waals surface area contributed by atoms with Crippen molar-refractivity contribution in [1.82, 2.24) is 14.7 Å². The number of hydrogen-bond donors (Lipinski definition) is 6. The third-order valence-electron chi connectivity index (χ3n) is 6.74. The van der Waals surface area contributed by atoms with Gasteiger partial charge in [0.05, 0.1) is 31.4 Å². The van der Waals surface area contributed by atoms with E-state index in [4.69, 9.17) is 15.3 Å². The Morgan fingerprint density at radius 1 is 0.742 bits per heavy atom. The molecule has 2 saturated carbocycles. The van der Waals surface area contributed by atoms with Crippen molar-refractivity contribution in [2.45, 2.75) is 55.2 Å². The van der Waals surface area contributed by atoms with Crippen LogP contribution in [-0.2, 0) is 14.4 Å². The van der Waals surface area contributed by atoms with Crippen LogP contribution in [0.4, 0.5) is 0 Å². The van der Waals surface area contributed by atoms with E-state index in [1.807, 2.05) is 0 Å². The van der Waals surface area contributed by atoms with Crippen LogP contribution in [0.5, 0.6) is 0 Å². The van der Waals surface area contributed by atoms with Crippen molar-refractivity contribution in [1.29, 1.82) is 0 Å². The number of likely N-dealkylation sites (N-methyl/N-ethyl adjacent to an activating group) is 3. The van der Waals surface area contributed by atoms with Crippen LogP contribution in [0, 0.1) is 5.92 Å². The molecule has 7 unspecified atom stereocenters. The third kappa shape index (κ3) is 4.83. The zero-order chi connectivity index (χ0) is 23.7. The van der Waals surface area contributed by atoms with E-state index in [-0.39, 0.29) is 38.9 Å². The standard InChI is InChI=1S/C19H33N3O9/c1-20(7-4-10(23)24)14-13-15(21(2)8-5-11(25)26)18(30)19(13,31)17(16(14)29)22(3)9-6-12(27)28/h13-18,29-31H,4-9H2,1-3H3,(H,23,24)(H,25,26)(H,27,28). The highest BCUT2D eigenvalue weighted by atomic mass is 16.4. The summed E-state index contributed by atoms with van der Waals surface area (Å²) in [5.74, 6) is -3.77. The lowest BCUT2D eigenvalue weighted by molar-refractivity contribution is -0.249. The summed E-state index contributed by atoms with van der Waals surface area (Å²) in [4.78, 5) is 37.7. The van der Waals surface area contributed by atoms with Gasteiger partial charge in [-0.2, -0.15) is 0 Å². The minimum Gasteiger partial charge on any atom is -0.481 e. The van der Waals surface area contributed by atoms with Gasteiger partial charge in [0.25, 0.3) is 0 Å². The van der Waals surface area contributed by atoms with Crippen molar-refractivity contribution >= 4 is 17.9 Å². The van der Waals surface area contributed by atoms with Crippen molar-refractivity contribution in [2.75, 3.05) is 40.8 Å². The number of carbonyl (C=O) groups is 3. The van der Waals surface area contributed by atoms with E-state index in [0.29, 0.717) is 0 Å². The summed E-state index contributed by atoms with van der Waals surface area (Å²) in [6, 6.07) is -2.36. The van der Waals surface area contributed by atoms with E-state index in [1.54, 1.807) is 30.9 Å². The number of carboxylic acid groups (broad SMARTS) is 3. The number of aliphatic carboxylic acids is 3. The van der Waals surface area contributed by atoms with Crippen LogP contribution in [0.2, 0.25) is 0 Å². The van der Waals surface area contributed by atoms with E-state index in [2.05, 4.69) is 0 Å². The second-order valence-corrected chi connectivity index (χ2v) is 8.65. The molecule has 0 aliphatic heterocycles. The fraction of sp³-hybridized carbons (Fsp3) is 0.842. The second kappa shape index (κ2) is 9.76. The van der Waals surface area contributed by atoms with Crippen LogP contribution in [-0.4, -0.2) is 140 Å². The molecule has 0 radical (unpaired) electrons. The summed E-state index contributed by atoms with van der Waals surface area (Å²) in [6.45, 7) is 0.242. The Morgan fingerprint density at radius 3 is 1.55 bits per heavy atom. The molecular formula is C19H33N3O9. The van der Waals surface area contributed by atoms with Gasteiger partial charge in [-0.1, -0.05) is 0 Å². The molecule has 178 valence electrons. The van der Waals surface area contributed by atoms with Crippen LogP contribution >= 0.6 is 0 Å². The molecule has 0 amide bonds. The molecule has 0 saturated heterocycles.